The molecule has 321 valence electrons. The first-order valence-electron chi connectivity index (χ1n) is 22.7. The van der Waals surface area contributed by atoms with Crippen LogP contribution in [0.25, 0.3) is 99.5 Å². The summed E-state index contributed by atoms with van der Waals surface area (Å²) < 4.78 is 4.73. The van der Waals surface area contributed by atoms with Crippen LogP contribution in [-0.4, -0.2) is 9.13 Å². The lowest BCUT2D eigenvalue weighted by molar-refractivity contribution is 1.18. The molecule has 3 radical (unpaired) electrons. The van der Waals surface area contributed by atoms with Gasteiger partial charge < -0.3 is 9.13 Å². The molecule has 2 nitrogen and oxygen atoms in total. The molecule has 11 rings (SSSR count). The van der Waals surface area contributed by atoms with Gasteiger partial charge in [0.1, 0.15) is 0 Å². The minimum Gasteiger partial charge on any atom is -0.309 e. The Kier molecular flexibility index (Phi) is 13.7. The largest absolute Gasteiger partial charge is 0.309 e. The summed E-state index contributed by atoms with van der Waals surface area (Å²) >= 11 is 0. The SMILES string of the molecule is C=CC=C.CC.[CH2]C.[CH2]c1ccc(-c2cccc(-c3ccc4c(c3)c3ccccc3n4-c3ccccc3)c2)cc1-c1cccc(-c2cccc(-n3c4ccccc4c4ccccc43)c2)c1[CH2]. The van der Waals surface area contributed by atoms with Gasteiger partial charge in [0.05, 0.1) is 22.1 Å². The van der Waals surface area contributed by atoms with Gasteiger partial charge in [-0.2, -0.15) is 0 Å². The smallest absolute Gasteiger partial charge is 0.0541 e. The molecule has 0 bridgehead atoms. The van der Waals surface area contributed by atoms with Gasteiger partial charge in [-0.1, -0.05) is 193 Å². The predicted octanol–water partition coefficient (Wildman–Crippen LogP) is 18.1. The van der Waals surface area contributed by atoms with Crippen molar-refractivity contribution in [2.75, 3.05) is 0 Å². The van der Waals surface area contributed by atoms with E-state index in [1.807, 2.05) is 13.8 Å². The number of rotatable bonds is 7. The van der Waals surface area contributed by atoms with Crippen molar-refractivity contribution < 1.29 is 0 Å². The molecule has 0 fully saturated rings. The van der Waals surface area contributed by atoms with Crippen LogP contribution in [0.2, 0.25) is 0 Å². The van der Waals surface area contributed by atoms with Gasteiger partial charge in [-0.15, -0.1) is 0 Å². The number of nitrogens with zero attached hydrogens (tertiary/aromatic N) is 2. The van der Waals surface area contributed by atoms with Crippen molar-refractivity contribution in [3.8, 4) is 55.9 Å². The normalized spacial score (nSPS) is 10.7. The van der Waals surface area contributed by atoms with E-state index in [2.05, 4.69) is 242 Å². The molecule has 11 aromatic rings. The molecule has 2 aromatic heterocycles. The summed E-state index contributed by atoms with van der Waals surface area (Å²) in [6.07, 6.45) is 3.28. The molecule has 0 saturated carbocycles. The summed E-state index contributed by atoms with van der Waals surface area (Å²) in [5.74, 6) is 0. The van der Waals surface area contributed by atoms with Crippen molar-refractivity contribution in [1.82, 2.24) is 9.13 Å². The Labute approximate surface area is 391 Å². The van der Waals surface area contributed by atoms with Crippen LogP contribution < -0.4 is 0 Å². The molecule has 0 amide bonds. The molecule has 0 atom stereocenters. The van der Waals surface area contributed by atoms with Crippen LogP contribution in [0.15, 0.2) is 232 Å². The molecule has 0 saturated heterocycles. The standard InChI is InChI=1S/C56H38N2.C4H6.C2H6.C2H5/c1-37-29-30-41(39-15-12-16-40(33-39)42-31-32-56-52(36-42)50-23-8-11-28-55(50)57(56)44-18-4-3-5-19-44)35-51(37)47-25-14-24-46(38(47)2)43-17-13-20-45(34-43)58-53-26-9-6-21-48(53)49-22-7-10-27-54(49)58;1-3-4-2;2*1-2/h3-36H,1-2H2;3-4H,1-2H2;1-2H3;1H2,2H3. The van der Waals surface area contributed by atoms with Gasteiger partial charge in [0, 0.05) is 32.9 Å². The third-order valence-corrected chi connectivity index (χ3v) is 12.0. The fourth-order valence-corrected chi connectivity index (χ4v) is 9.02. The van der Waals surface area contributed by atoms with E-state index in [4.69, 9.17) is 6.92 Å². The predicted molar refractivity (Wildman–Crippen MR) is 289 cm³/mol. The van der Waals surface area contributed by atoms with E-state index in [0.29, 0.717) is 0 Å². The number of allylic oxidation sites excluding steroid dienone is 2. The summed E-state index contributed by atoms with van der Waals surface area (Å²) in [7, 11) is 0. The average molecular weight is 852 g/mol. The number of benzene rings is 9. The zero-order valence-corrected chi connectivity index (χ0v) is 38.2. The minimum absolute atomic E-state index is 0.973. The third kappa shape index (κ3) is 8.42. The maximum atomic E-state index is 4.69. The van der Waals surface area contributed by atoms with Crippen molar-refractivity contribution in [1.29, 1.82) is 0 Å². The van der Waals surface area contributed by atoms with Crippen LogP contribution >= 0.6 is 0 Å². The van der Waals surface area contributed by atoms with Gasteiger partial charge in [0.15, 0.2) is 0 Å². The number of hydrogen-bond donors (Lipinski definition) is 0. The summed E-state index contributed by atoms with van der Waals surface area (Å²) in [4.78, 5) is 0. The second kappa shape index (κ2) is 20.3. The molecule has 0 aliphatic heterocycles. The topological polar surface area (TPSA) is 9.86 Å². The summed E-state index contributed by atoms with van der Waals surface area (Å²) in [6, 6.07) is 74.3. The van der Waals surface area contributed by atoms with E-state index in [0.717, 1.165) is 55.9 Å². The van der Waals surface area contributed by atoms with Crippen LogP contribution in [0.3, 0.4) is 0 Å². The highest BCUT2D eigenvalue weighted by Gasteiger charge is 2.17. The second-order valence-electron chi connectivity index (χ2n) is 15.6. The van der Waals surface area contributed by atoms with Crippen molar-refractivity contribution in [2.24, 2.45) is 0 Å². The number of fused-ring (bicyclic) bond motifs is 6. The van der Waals surface area contributed by atoms with Crippen LogP contribution in [0.1, 0.15) is 31.9 Å². The van der Waals surface area contributed by atoms with Gasteiger partial charge in [0.25, 0.3) is 0 Å². The van der Waals surface area contributed by atoms with Crippen LogP contribution in [0.4, 0.5) is 0 Å². The lowest BCUT2D eigenvalue weighted by atomic mass is 9.89. The zero-order chi connectivity index (χ0) is 46.2. The summed E-state index contributed by atoms with van der Waals surface area (Å²) in [5, 5.41) is 5.00. The Hall–Kier alpha value is -7.94. The first-order valence-corrected chi connectivity index (χ1v) is 22.7. The maximum Gasteiger partial charge on any atom is 0.0541 e. The van der Waals surface area contributed by atoms with Crippen molar-refractivity contribution in [2.45, 2.75) is 20.8 Å². The summed E-state index contributed by atoms with van der Waals surface area (Å²) in [5.41, 5.74) is 18.1. The van der Waals surface area contributed by atoms with E-state index < -0.39 is 0 Å². The monoisotopic (exact) mass is 851 g/mol. The van der Waals surface area contributed by atoms with Gasteiger partial charge >= 0.3 is 0 Å². The highest BCUT2D eigenvalue weighted by atomic mass is 15.0. The molecule has 2 heteroatoms. The van der Waals surface area contributed by atoms with Crippen molar-refractivity contribution in [3.05, 3.63) is 263 Å². The molecule has 66 heavy (non-hydrogen) atoms. The molecule has 0 unspecified atom stereocenters. The average Bonchev–Trinajstić information content (AvgIpc) is 3.91. The molecular formula is C64H55N2. The summed E-state index contributed by atoms with van der Waals surface area (Å²) in [6.45, 7) is 24.9. The van der Waals surface area contributed by atoms with Gasteiger partial charge in [0.2, 0.25) is 0 Å². The second-order valence-corrected chi connectivity index (χ2v) is 15.6. The van der Waals surface area contributed by atoms with Crippen LogP contribution in [0.5, 0.6) is 0 Å². The quantitative estimate of drug-likeness (QED) is 0.141. The van der Waals surface area contributed by atoms with Crippen LogP contribution in [-0.2, 0) is 0 Å². The Balaban J connectivity index is 0.000000696. The first-order chi connectivity index (χ1) is 32.5. The van der Waals surface area contributed by atoms with E-state index in [9.17, 15) is 0 Å². The van der Waals surface area contributed by atoms with Gasteiger partial charge in [-0.05, 0) is 136 Å². The highest BCUT2D eigenvalue weighted by Crippen LogP contribution is 2.40. The molecule has 2 heterocycles. The molecular weight excluding hydrogens is 797 g/mol. The Morgan fingerprint density at radius 3 is 1.39 bits per heavy atom. The van der Waals surface area contributed by atoms with Crippen molar-refractivity contribution >= 4 is 43.6 Å². The van der Waals surface area contributed by atoms with Crippen molar-refractivity contribution in [3.63, 3.8) is 0 Å². The Morgan fingerprint density at radius 1 is 0.333 bits per heavy atom. The lowest BCUT2D eigenvalue weighted by Crippen LogP contribution is -1.95. The lowest BCUT2D eigenvalue weighted by Gasteiger charge is -2.16. The minimum atomic E-state index is 0.973. The van der Waals surface area contributed by atoms with E-state index >= 15 is 0 Å². The third-order valence-electron chi connectivity index (χ3n) is 12.0. The molecule has 0 N–H and O–H groups in total. The fraction of sp³-hybridized carbons (Fsp3) is 0.0469. The first kappa shape index (κ1) is 44.7. The van der Waals surface area contributed by atoms with E-state index in [1.54, 1.807) is 19.1 Å². The maximum absolute atomic E-state index is 4.69. The molecule has 9 aromatic carbocycles. The highest BCUT2D eigenvalue weighted by molar-refractivity contribution is 6.11. The molecule has 0 spiro atoms. The Bertz CT molecular complexity index is 3410. The number of hydrogen-bond acceptors (Lipinski definition) is 0. The van der Waals surface area contributed by atoms with E-state index in [1.165, 1.54) is 54.7 Å². The van der Waals surface area contributed by atoms with Crippen LogP contribution in [0, 0.1) is 20.8 Å². The fourth-order valence-electron chi connectivity index (χ4n) is 9.02. The van der Waals surface area contributed by atoms with Gasteiger partial charge in [-0.25, -0.2) is 0 Å². The zero-order valence-electron chi connectivity index (χ0n) is 38.2. The molecule has 0 aliphatic carbocycles. The number of para-hydroxylation sites is 4. The number of aromatic nitrogens is 2. The van der Waals surface area contributed by atoms with Gasteiger partial charge in [-0.3, -0.25) is 0 Å². The van der Waals surface area contributed by atoms with E-state index in [-0.39, 0.29) is 0 Å². The Morgan fingerprint density at radius 2 is 0.773 bits per heavy atom. The molecule has 0 aliphatic rings.